The van der Waals surface area contributed by atoms with Crippen LogP contribution in [0.15, 0.2) is 42.5 Å². The second-order valence-electron chi connectivity index (χ2n) is 6.70. The van der Waals surface area contributed by atoms with Gasteiger partial charge in [0.25, 0.3) is 5.91 Å². The summed E-state index contributed by atoms with van der Waals surface area (Å²) in [6.45, 7) is 4.27. The Hall–Kier alpha value is -2.40. The zero-order valence-corrected chi connectivity index (χ0v) is 14.9. The van der Waals surface area contributed by atoms with Crippen molar-refractivity contribution in [1.82, 2.24) is 9.88 Å². The van der Waals surface area contributed by atoms with E-state index < -0.39 is 5.60 Å². The minimum atomic E-state index is -1.14. The molecule has 2 atom stereocenters. The summed E-state index contributed by atoms with van der Waals surface area (Å²) in [6, 6.07) is 12.5. The van der Waals surface area contributed by atoms with Crippen LogP contribution in [0, 0.1) is 6.92 Å². The van der Waals surface area contributed by atoms with Gasteiger partial charge in [-0.3, -0.25) is 4.79 Å². The molecule has 5 heteroatoms. The van der Waals surface area contributed by atoms with E-state index in [2.05, 4.69) is 4.98 Å². The molecule has 0 spiro atoms. The van der Waals surface area contributed by atoms with Crippen molar-refractivity contribution in [1.29, 1.82) is 0 Å². The fourth-order valence-corrected chi connectivity index (χ4v) is 3.52. The highest BCUT2D eigenvalue weighted by atomic mass is 16.5. The Morgan fingerprint density at radius 2 is 2.00 bits per heavy atom. The fourth-order valence-electron chi connectivity index (χ4n) is 3.52. The molecular weight excluding hydrogens is 316 g/mol. The molecule has 3 rings (SSSR count). The van der Waals surface area contributed by atoms with Crippen LogP contribution in [0.4, 0.5) is 0 Å². The molecule has 1 N–H and O–H groups in total. The maximum atomic E-state index is 12.9. The topological polar surface area (TPSA) is 62.7 Å². The molecule has 1 aromatic heterocycles. The molecule has 0 aliphatic carbocycles. The van der Waals surface area contributed by atoms with E-state index in [0.29, 0.717) is 12.2 Å². The number of hydrogen-bond donors (Lipinski definition) is 1. The van der Waals surface area contributed by atoms with Gasteiger partial charge in [0.15, 0.2) is 0 Å². The zero-order chi connectivity index (χ0) is 18.0. The van der Waals surface area contributed by atoms with Crippen molar-refractivity contribution in [2.75, 3.05) is 13.7 Å². The molecule has 5 nitrogen and oxygen atoms in total. The van der Waals surface area contributed by atoms with Gasteiger partial charge >= 0.3 is 0 Å². The van der Waals surface area contributed by atoms with Crippen LogP contribution in [0.1, 0.15) is 41.5 Å². The van der Waals surface area contributed by atoms with Crippen molar-refractivity contribution < 1.29 is 14.6 Å². The number of likely N-dealkylation sites (tertiary alicyclic amines) is 1. The molecule has 2 heterocycles. The number of aliphatic hydroxyl groups is 1. The highest BCUT2D eigenvalue weighted by Gasteiger charge is 2.43. The van der Waals surface area contributed by atoms with E-state index in [1.54, 1.807) is 25.0 Å². The van der Waals surface area contributed by atoms with Crippen LogP contribution in [0.5, 0.6) is 5.75 Å². The van der Waals surface area contributed by atoms with E-state index >= 15 is 0 Å². The van der Waals surface area contributed by atoms with Gasteiger partial charge in [0.05, 0.1) is 13.2 Å². The van der Waals surface area contributed by atoms with E-state index in [9.17, 15) is 9.90 Å². The van der Waals surface area contributed by atoms with Gasteiger partial charge in [0, 0.05) is 12.2 Å². The molecule has 1 fully saturated rings. The Morgan fingerprint density at radius 3 is 2.64 bits per heavy atom. The van der Waals surface area contributed by atoms with Crippen LogP contribution in [-0.4, -0.2) is 40.6 Å². The lowest BCUT2D eigenvalue weighted by Crippen LogP contribution is -2.48. The Bertz CT molecular complexity index is 756. The zero-order valence-electron chi connectivity index (χ0n) is 14.9. The van der Waals surface area contributed by atoms with Gasteiger partial charge < -0.3 is 14.7 Å². The number of pyridine rings is 1. The van der Waals surface area contributed by atoms with Gasteiger partial charge in [-0.25, -0.2) is 4.98 Å². The van der Waals surface area contributed by atoms with E-state index in [0.717, 1.165) is 29.8 Å². The van der Waals surface area contributed by atoms with Gasteiger partial charge in [-0.05, 0) is 56.5 Å². The third-order valence-corrected chi connectivity index (χ3v) is 4.94. The summed E-state index contributed by atoms with van der Waals surface area (Å²) >= 11 is 0. The molecule has 25 heavy (non-hydrogen) atoms. The molecule has 1 saturated heterocycles. The van der Waals surface area contributed by atoms with Gasteiger partial charge in [-0.15, -0.1) is 0 Å². The lowest BCUT2D eigenvalue weighted by molar-refractivity contribution is -0.0179. The number of carbonyl (C=O) groups is 1. The van der Waals surface area contributed by atoms with Crippen molar-refractivity contribution in [2.24, 2.45) is 0 Å². The number of benzene rings is 1. The maximum absolute atomic E-state index is 12.9. The predicted molar refractivity (Wildman–Crippen MR) is 95.6 cm³/mol. The van der Waals surface area contributed by atoms with Crippen LogP contribution in [0.25, 0.3) is 0 Å². The van der Waals surface area contributed by atoms with Crippen molar-refractivity contribution in [2.45, 2.75) is 38.3 Å². The average molecular weight is 340 g/mol. The molecule has 1 aliphatic rings. The standard InChI is InChI=1S/C20H24N2O3/c1-14-6-4-7-17(21-14)19(23)22-13-5-8-18(22)20(2,24)15-9-11-16(25-3)12-10-15/h4,6-7,9-12,18,24H,5,8,13H2,1-3H3/t18-,20-/m1/s1. The quantitative estimate of drug-likeness (QED) is 0.929. The minimum absolute atomic E-state index is 0.125. The maximum Gasteiger partial charge on any atom is 0.272 e. The van der Waals surface area contributed by atoms with Crippen LogP contribution in [0.3, 0.4) is 0 Å². The first-order valence-corrected chi connectivity index (χ1v) is 8.55. The lowest BCUT2D eigenvalue weighted by atomic mass is 9.86. The molecule has 1 aliphatic heterocycles. The largest absolute Gasteiger partial charge is 0.497 e. The van der Waals surface area contributed by atoms with Gasteiger partial charge in [-0.2, -0.15) is 0 Å². The molecule has 1 aromatic carbocycles. The van der Waals surface area contributed by atoms with Crippen LogP contribution >= 0.6 is 0 Å². The molecule has 1 amide bonds. The SMILES string of the molecule is COc1ccc([C@@](C)(O)[C@H]2CCCN2C(=O)c2cccc(C)n2)cc1. The third-order valence-electron chi connectivity index (χ3n) is 4.94. The van der Waals surface area contributed by atoms with E-state index in [1.807, 2.05) is 43.3 Å². The predicted octanol–water partition coefficient (Wildman–Crippen LogP) is 2.91. The minimum Gasteiger partial charge on any atom is -0.497 e. The summed E-state index contributed by atoms with van der Waals surface area (Å²) in [5.74, 6) is 0.614. The first-order chi connectivity index (χ1) is 11.9. The smallest absolute Gasteiger partial charge is 0.272 e. The second kappa shape index (κ2) is 6.84. The molecule has 2 aromatic rings. The summed E-state index contributed by atoms with van der Waals surface area (Å²) in [5.41, 5.74) is 0.874. The highest BCUT2D eigenvalue weighted by molar-refractivity contribution is 5.92. The number of nitrogens with zero attached hydrogens (tertiary/aromatic N) is 2. The van der Waals surface area contributed by atoms with Gasteiger partial charge in [0.2, 0.25) is 0 Å². The van der Waals surface area contributed by atoms with Crippen LogP contribution in [-0.2, 0) is 5.60 Å². The van der Waals surface area contributed by atoms with E-state index in [4.69, 9.17) is 4.74 Å². The van der Waals surface area contributed by atoms with Crippen molar-refractivity contribution in [3.05, 3.63) is 59.4 Å². The first-order valence-electron chi connectivity index (χ1n) is 8.55. The summed E-state index contributed by atoms with van der Waals surface area (Å²) < 4.78 is 5.18. The monoisotopic (exact) mass is 340 g/mol. The Balaban J connectivity index is 1.87. The summed E-state index contributed by atoms with van der Waals surface area (Å²) in [7, 11) is 1.61. The number of aromatic nitrogens is 1. The second-order valence-corrected chi connectivity index (χ2v) is 6.70. The number of ether oxygens (including phenoxy) is 1. The highest BCUT2D eigenvalue weighted by Crippen LogP contribution is 2.36. The van der Waals surface area contributed by atoms with Crippen LogP contribution < -0.4 is 4.74 Å². The van der Waals surface area contributed by atoms with E-state index in [-0.39, 0.29) is 11.9 Å². The molecular formula is C20H24N2O3. The molecule has 0 bridgehead atoms. The van der Waals surface area contributed by atoms with Crippen molar-refractivity contribution >= 4 is 5.91 Å². The van der Waals surface area contributed by atoms with E-state index in [1.165, 1.54) is 0 Å². The Kier molecular flexibility index (Phi) is 4.77. The fraction of sp³-hybridized carbons (Fsp3) is 0.400. The lowest BCUT2D eigenvalue weighted by Gasteiger charge is -2.37. The summed E-state index contributed by atoms with van der Waals surface area (Å²) in [5, 5.41) is 11.2. The van der Waals surface area contributed by atoms with Crippen molar-refractivity contribution in [3.63, 3.8) is 0 Å². The van der Waals surface area contributed by atoms with Crippen molar-refractivity contribution in [3.8, 4) is 5.75 Å². The molecule has 0 unspecified atom stereocenters. The summed E-state index contributed by atoms with van der Waals surface area (Å²) in [6.07, 6.45) is 1.63. The van der Waals surface area contributed by atoms with Crippen LogP contribution in [0.2, 0.25) is 0 Å². The van der Waals surface area contributed by atoms with Gasteiger partial charge in [-0.1, -0.05) is 18.2 Å². The average Bonchev–Trinajstić information content (AvgIpc) is 3.11. The number of methoxy groups -OCH3 is 1. The number of carbonyl (C=O) groups excluding carboxylic acids is 1. The molecule has 0 saturated carbocycles. The summed E-state index contributed by atoms with van der Waals surface area (Å²) in [4.78, 5) is 19.0. The number of aryl methyl sites for hydroxylation is 1. The first kappa shape index (κ1) is 17.4. The van der Waals surface area contributed by atoms with Gasteiger partial charge in [0.1, 0.15) is 17.0 Å². The number of rotatable bonds is 4. The number of amides is 1. The normalized spacial score (nSPS) is 19.5. The molecule has 0 radical (unpaired) electrons. The molecule has 132 valence electrons. The Labute approximate surface area is 148 Å². The Morgan fingerprint density at radius 1 is 1.28 bits per heavy atom. The number of hydrogen-bond acceptors (Lipinski definition) is 4. The third kappa shape index (κ3) is 3.37.